The van der Waals surface area contributed by atoms with Crippen LogP contribution in [0.2, 0.25) is 0 Å². The summed E-state index contributed by atoms with van der Waals surface area (Å²) in [5.74, 6) is -3.03. The van der Waals surface area contributed by atoms with Gasteiger partial charge in [0.25, 0.3) is 0 Å². The van der Waals surface area contributed by atoms with Crippen molar-refractivity contribution in [1.29, 1.82) is 0 Å². The Kier molecular flexibility index (Phi) is 12.2. The smallest absolute Gasteiger partial charge is 0.336 e. The zero-order valence-corrected chi connectivity index (χ0v) is 23.0. The summed E-state index contributed by atoms with van der Waals surface area (Å²) in [6.45, 7) is 3.22. The molecule has 0 saturated carbocycles. The second kappa shape index (κ2) is 15.1. The number of aromatic nitrogens is 2. The zero-order valence-electron chi connectivity index (χ0n) is 23.0. The maximum atomic E-state index is 10.3. The molecule has 2 aromatic rings. The van der Waals surface area contributed by atoms with Crippen LogP contribution < -0.4 is 14.2 Å². The van der Waals surface area contributed by atoms with E-state index in [1.807, 2.05) is 36.3 Å². The molecular weight excluding hydrogens is 530 g/mol. The fourth-order valence-corrected chi connectivity index (χ4v) is 4.27. The topological polar surface area (TPSA) is 190 Å². The predicted octanol–water partition coefficient (Wildman–Crippen LogP) is 1.38. The number of methoxy groups -OCH3 is 3. The second-order valence-corrected chi connectivity index (χ2v) is 9.27. The van der Waals surface area contributed by atoms with E-state index in [0.717, 1.165) is 43.8 Å². The van der Waals surface area contributed by atoms with Crippen LogP contribution in [0, 0.1) is 0 Å². The molecule has 14 heteroatoms. The van der Waals surface area contributed by atoms with Crippen molar-refractivity contribution in [2.24, 2.45) is 7.05 Å². The average Bonchev–Trinajstić information content (AvgIpc) is 3.54. The van der Waals surface area contributed by atoms with Crippen LogP contribution in [0.25, 0.3) is 0 Å². The van der Waals surface area contributed by atoms with Crippen molar-refractivity contribution >= 4 is 17.9 Å². The number of carboxylic acids is 3. The Morgan fingerprint density at radius 1 is 1.05 bits per heavy atom. The first kappa shape index (κ1) is 32.3. The molecule has 3 rings (SSSR count). The summed E-state index contributed by atoms with van der Waals surface area (Å²) in [4.78, 5) is 37.1. The number of benzene rings is 1. The molecule has 1 atom stereocenters. The number of rotatable bonds is 14. The van der Waals surface area contributed by atoms with E-state index in [1.54, 1.807) is 21.3 Å². The molecule has 40 heavy (non-hydrogen) atoms. The summed E-state index contributed by atoms with van der Waals surface area (Å²) in [6.07, 6.45) is 3.95. The van der Waals surface area contributed by atoms with E-state index in [2.05, 4.69) is 9.88 Å². The van der Waals surface area contributed by atoms with E-state index in [1.165, 1.54) is 0 Å². The molecule has 1 unspecified atom stereocenters. The van der Waals surface area contributed by atoms with Crippen molar-refractivity contribution in [1.82, 2.24) is 14.5 Å². The highest BCUT2D eigenvalue weighted by molar-refractivity contribution is 5.88. The van der Waals surface area contributed by atoms with Crippen LogP contribution in [0.4, 0.5) is 0 Å². The van der Waals surface area contributed by atoms with E-state index in [4.69, 9.17) is 39.4 Å². The molecule has 0 radical (unpaired) electrons. The van der Waals surface area contributed by atoms with Gasteiger partial charge in [-0.15, -0.1) is 0 Å². The molecule has 14 nitrogen and oxygen atoms in total. The van der Waals surface area contributed by atoms with Gasteiger partial charge >= 0.3 is 17.9 Å². The second-order valence-electron chi connectivity index (χ2n) is 9.27. The van der Waals surface area contributed by atoms with Gasteiger partial charge in [0.15, 0.2) is 17.1 Å². The number of imidazole rings is 1. The van der Waals surface area contributed by atoms with Crippen molar-refractivity contribution in [3.8, 4) is 17.2 Å². The SMILES string of the molecule is COc1ccc(CN(Cc2cncn2C)CC2CCCO2)c(OC)c1OC.O=C(O)CC(O)(CC(=O)O)C(=O)O. The maximum absolute atomic E-state index is 10.3. The van der Waals surface area contributed by atoms with Crippen LogP contribution in [-0.4, -0.2) is 99.0 Å². The van der Waals surface area contributed by atoms with Crippen molar-refractivity contribution in [3.63, 3.8) is 0 Å². The van der Waals surface area contributed by atoms with Gasteiger partial charge in [0.1, 0.15) is 0 Å². The molecular formula is C26H37N3O11. The maximum Gasteiger partial charge on any atom is 0.336 e. The van der Waals surface area contributed by atoms with Crippen LogP contribution in [-0.2, 0) is 39.3 Å². The van der Waals surface area contributed by atoms with Gasteiger partial charge in [-0.3, -0.25) is 14.5 Å². The lowest BCUT2D eigenvalue weighted by Crippen LogP contribution is -2.42. The summed E-state index contributed by atoms with van der Waals surface area (Å²) in [5, 5.41) is 33.8. The quantitative estimate of drug-likeness (QED) is 0.256. The van der Waals surface area contributed by atoms with E-state index in [0.29, 0.717) is 23.8 Å². The van der Waals surface area contributed by atoms with Gasteiger partial charge in [-0.25, -0.2) is 9.78 Å². The lowest BCUT2D eigenvalue weighted by atomic mass is 9.96. The van der Waals surface area contributed by atoms with Crippen molar-refractivity contribution in [3.05, 3.63) is 35.9 Å². The average molecular weight is 568 g/mol. The summed E-state index contributed by atoms with van der Waals surface area (Å²) in [6, 6.07) is 3.96. The standard InChI is InChI=1S/C20H29N3O4.C6H8O7/c1-22-14-21-10-16(22)12-23(13-17-6-5-9-27-17)11-15-7-8-18(24-2)20(26-4)19(15)25-3;7-3(8)1-6(13,5(11)12)2-4(9)10/h7-8,10,14,17H,5-6,9,11-13H2,1-4H3;13H,1-2H2,(H,7,8)(H,9,10)(H,11,12). The number of carboxylic acid groups (broad SMARTS) is 3. The fourth-order valence-electron chi connectivity index (χ4n) is 4.27. The summed E-state index contributed by atoms with van der Waals surface area (Å²) < 4.78 is 24.5. The third kappa shape index (κ3) is 9.10. The van der Waals surface area contributed by atoms with Crippen molar-refractivity contribution in [2.75, 3.05) is 34.5 Å². The molecule has 0 bridgehead atoms. The normalized spacial score (nSPS) is 14.8. The molecule has 0 spiro atoms. The Bertz CT molecular complexity index is 1130. The first-order chi connectivity index (χ1) is 18.9. The predicted molar refractivity (Wildman–Crippen MR) is 139 cm³/mol. The highest BCUT2D eigenvalue weighted by atomic mass is 16.5. The van der Waals surface area contributed by atoms with E-state index < -0.39 is 36.4 Å². The number of aliphatic carboxylic acids is 3. The van der Waals surface area contributed by atoms with Gasteiger partial charge < -0.3 is 43.9 Å². The van der Waals surface area contributed by atoms with Crippen LogP contribution in [0.1, 0.15) is 36.9 Å². The minimum atomic E-state index is -2.74. The molecule has 1 aliphatic heterocycles. The monoisotopic (exact) mass is 567 g/mol. The lowest BCUT2D eigenvalue weighted by Gasteiger charge is -2.26. The van der Waals surface area contributed by atoms with Crippen LogP contribution >= 0.6 is 0 Å². The van der Waals surface area contributed by atoms with Gasteiger partial charge in [0, 0.05) is 45.0 Å². The lowest BCUT2D eigenvalue weighted by molar-refractivity contribution is -0.170. The number of hydrogen-bond donors (Lipinski definition) is 4. The molecule has 2 heterocycles. The number of aryl methyl sites for hydroxylation is 1. The molecule has 222 valence electrons. The summed E-state index contributed by atoms with van der Waals surface area (Å²) in [7, 11) is 6.93. The van der Waals surface area contributed by atoms with Crippen molar-refractivity contribution < 1.29 is 53.8 Å². The van der Waals surface area contributed by atoms with Gasteiger partial charge in [-0.1, -0.05) is 6.07 Å². The number of carbonyl (C=O) groups is 3. The molecule has 1 aliphatic rings. The first-order valence-corrected chi connectivity index (χ1v) is 12.4. The molecule has 0 amide bonds. The Balaban J connectivity index is 0.000000366. The Morgan fingerprint density at radius 2 is 1.70 bits per heavy atom. The largest absolute Gasteiger partial charge is 0.493 e. The number of aliphatic hydroxyl groups is 1. The third-order valence-corrected chi connectivity index (χ3v) is 6.25. The van der Waals surface area contributed by atoms with Gasteiger partial charge in [0.2, 0.25) is 5.75 Å². The number of hydrogen-bond acceptors (Lipinski definition) is 10. The fraction of sp³-hybridized carbons (Fsp3) is 0.538. The molecule has 1 fully saturated rings. The zero-order chi connectivity index (χ0) is 29.9. The molecule has 1 aromatic carbocycles. The van der Waals surface area contributed by atoms with Gasteiger partial charge in [0.05, 0.1) is 52.3 Å². The van der Waals surface area contributed by atoms with E-state index >= 15 is 0 Å². The molecule has 1 aromatic heterocycles. The molecule has 0 aliphatic carbocycles. The van der Waals surface area contributed by atoms with Crippen LogP contribution in [0.5, 0.6) is 17.2 Å². The molecule has 1 saturated heterocycles. The number of nitrogens with zero attached hydrogens (tertiary/aromatic N) is 3. The Labute approximate surface area is 231 Å². The van der Waals surface area contributed by atoms with E-state index in [-0.39, 0.29) is 6.10 Å². The minimum absolute atomic E-state index is 0.268. The minimum Gasteiger partial charge on any atom is -0.493 e. The first-order valence-electron chi connectivity index (χ1n) is 12.4. The summed E-state index contributed by atoms with van der Waals surface area (Å²) in [5.41, 5.74) is -0.528. The molecule has 4 N–H and O–H groups in total. The third-order valence-electron chi connectivity index (χ3n) is 6.25. The van der Waals surface area contributed by atoms with Crippen LogP contribution in [0.3, 0.4) is 0 Å². The highest BCUT2D eigenvalue weighted by Gasteiger charge is 2.40. The Morgan fingerprint density at radius 3 is 2.15 bits per heavy atom. The Hall–Kier alpha value is -3.88. The summed E-state index contributed by atoms with van der Waals surface area (Å²) >= 11 is 0. The van der Waals surface area contributed by atoms with Crippen molar-refractivity contribution in [2.45, 2.75) is 50.5 Å². The number of ether oxygens (including phenoxy) is 4. The van der Waals surface area contributed by atoms with Gasteiger partial charge in [-0.2, -0.15) is 0 Å². The highest BCUT2D eigenvalue weighted by Crippen LogP contribution is 2.40. The van der Waals surface area contributed by atoms with Gasteiger partial charge in [-0.05, 0) is 18.9 Å². The van der Waals surface area contributed by atoms with E-state index in [9.17, 15) is 14.4 Å². The van der Waals surface area contributed by atoms with Crippen LogP contribution in [0.15, 0.2) is 24.7 Å².